The van der Waals surface area contributed by atoms with Crippen LogP contribution in [-0.4, -0.2) is 83.9 Å². The standard InChI is InChI=1S/C17H17N9O6S2/c1-5(27)19-17-22-11(23-24-17)6-3-33-14-9(13(29)26(14)10(6)15(30)31)21-12(28)8(25-32-2)7-4-34-16(18)20-7/h4,9,14H,3H2,1-2H3,(H2,18,20)(H,21,28)(H,30,31)(H2,19,22,23,24,27)/b25-8-/t9?,14-/m1/s1. The van der Waals surface area contributed by atoms with Gasteiger partial charge in [-0.15, -0.1) is 33.3 Å². The van der Waals surface area contributed by atoms with Gasteiger partial charge in [-0.1, -0.05) is 5.16 Å². The average Bonchev–Trinajstić information content (AvgIpc) is 3.42. The summed E-state index contributed by atoms with van der Waals surface area (Å²) in [5.74, 6) is -2.80. The molecule has 0 aromatic carbocycles. The minimum Gasteiger partial charge on any atom is -0.477 e. The third kappa shape index (κ3) is 4.17. The van der Waals surface area contributed by atoms with Crippen molar-refractivity contribution in [2.45, 2.75) is 18.3 Å². The Bertz CT molecular complexity index is 1250. The smallest absolute Gasteiger partial charge is 0.353 e. The summed E-state index contributed by atoms with van der Waals surface area (Å²) in [7, 11) is 1.25. The van der Waals surface area contributed by atoms with Crippen molar-refractivity contribution >= 4 is 69.2 Å². The first-order chi connectivity index (χ1) is 16.2. The van der Waals surface area contributed by atoms with E-state index in [1.165, 1.54) is 31.2 Å². The van der Waals surface area contributed by atoms with Crippen LogP contribution in [0.1, 0.15) is 18.4 Å². The minimum absolute atomic E-state index is 0.0413. The molecule has 2 aliphatic heterocycles. The zero-order valence-electron chi connectivity index (χ0n) is 17.6. The van der Waals surface area contributed by atoms with Crippen LogP contribution in [0.3, 0.4) is 0 Å². The molecule has 0 aliphatic carbocycles. The molecule has 2 aromatic heterocycles. The number of carbonyl (C=O) groups excluding carboxylic acids is 3. The van der Waals surface area contributed by atoms with E-state index in [1.807, 2.05) is 0 Å². The Hall–Kier alpha value is -3.99. The van der Waals surface area contributed by atoms with Crippen LogP contribution in [0.15, 0.2) is 16.2 Å². The largest absolute Gasteiger partial charge is 0.477 e. The minimum atomic E-state index is -1.35. The highest BCUT2D eigenvalue weighted by molar-refractivity contribution is 8.00. The number of carboxylic acids is 1. The third-order valence-electron chi connectivity index (χ3n) is 4.69. The SMILES string of the molecule is CO/N=C(\C(=O)NC1C(=O)N2C(C(=O)O)=C(c3nnc(NC(C)=O)[nH]3)CS[C@H]12)c1csc(N)n1. The number of carboxylic acid groups (broad SMARTS) is 1. The summed E-state index contributed by atoms with van der Waals surface area (Å²) in [6.45, 7) is 1.28. The zero-order valence-corrected chi connectivity index (χ0v) is 19.2. The highest BCUT2D eigenvalue weighted by atomic mass is 32.2. The number of nitrogens with two attached hydrogens (primary N) is 1. The normalized spacial score (nSPS) is 19.9. The molecule has 1 saturated heterocycles. The molecule has 0 bridgehead atoms. The number of aromatic amines is 1. The molecule has 1 fully saturated rings. The van der Waals surface area contributed by atoms with Gasteiger partial charge in [0.2, 0.25) is 11.9 Å². The molecule has 4 heterocycles. The molecule has 34 heavy (non-hydrogen) atoms. The Morgan fingerprint density at radius 1 is 1.38 bits per heavy atom. The van der Waals surface area contributed by atoms with Crippen molar-refractivity contribution in [3.63, 3.8) is 0 Å². The number of thioether (sulfide) groups is 1. The van der Waals surface area contributed by atoms with Gasteiger partial charge in [0.1, 0.15) is 29.9 Å². The van der Waals surface area contributed by atoms with Crippen LogP contribution in [0.2, 0.25) is 0 Å². The van der Waals surface area contributed by atoms with Crippen molar-refractivity contribution in [2.75, 3.05) is 23.9 Å². The lowest BCUT2D eigenvalue weighted by molar-refractivity contribution is -0.149. The number of nitrogens with one attached hydrogen (secondary N) is 3. The van der Waals surface area contributed by atoms with Gasteiger partial charge in [-0.3, -0.25) is 24.6 Å². The Balaban J connectivity index is 1.56. The van der Waals surface area contributed by atoms with Crippen LogP contribution < -0.4 is 16.4 Å². The molecular formula is C17H17N9O6S2. The molecule has 1 unspecified atom stereocenters. The summed E-state index contributed by atoms with van der Waals surface area (Å²) < 4.78 is 0. The monoisotopic (exact) mass is 507 g/mol. The van der Waals surface area contributed by atoms with Gasteiger partial charge in [-0.25, -0.2) is 9.78 Å². The quantitative estimate of drug-likeness (QED) is 0.175. The topological polar surface area (TPSA) is 218 Å². The summed E-state index contributed by atoms with van der Waals surface area (Å²) in [6.07, 6.45) is 0. The van der Waals surface area contributed by atoms with E-state index in [2.05, 4.69) is 36.0 Å². The molecule has 178 valence electrons. The number of H-pyrrole nitrogens is 1. The maximum Gasteiger partial charge on any atom is 0.353 e. The predicted molar refractivity (Wildman–Crippen MR) is 120 cm³/mol. The number of thiazole rings is 1. The number of oxime groups is 1. The molecule has 2 aromatic rings. The van der Waals surface area contributed by atoms with Crippen molar-refractivity contribution in [1.82, 2.24) is 30.4 Å². The number of hydrogen-bond donors (Lipinski definition) is 5. The Morgan fingerprint density at radius 2 is 2.15 bits per heavy atom. The lowest BCUT2D eigenvalue weighted by atomic mass is 10.0. The van der Waals surface area contributed by atoms with Crippen LogP contribution >= 0.6 is 23.1 Å². The van der Waals surface area contributed by atoms with Gasteiger partial charge in [-0.2, -0.15) is 0 Å². The summed E-state index contributed by atoms with van der Waals surface area (Å²) >= 11 is 2.33. The maximum atomic E-state index is 12.9. The van der Waals surface area contributed by atoms with E-state index >= 15 is 0 Å². The number of aliphatic carboxylic acids is 1. The number of rotatable bonds is 7. The number of nitrogen functional groups attached to an aromatic ring is 1. The molecule has 17 heteroatoms. The van der Waals surface area contributed by atoms with Crippen LogP contribution in [0.25, 0.3) is 5.57 Å². The van der Waals surface area contributed by atoms with Crippen molar-refractivity contribution < 1.29 is 29.1 Å². The second-order valence-electron chi connectivity index (χ2n) is 6.89. The highest BCUT2D eigenvalue weighted by Gasteiger charge is 2.55. The van der Waals surface area contributed by atoms with Gasteiger partial charge in [0, 0.05) is 23.6 Å². The average molecular weight is 508 g/mol. The number of hydrogen-bond acceptors (Lipinski definition) is 12. The fourth-order valence-electron chi connectivity index (χ4n) is 3.32. The van der Waals surface area contributed by atoms with E-state index in [9.17, 15) is 24.3 Å². The first kappa shape index (κ1) is 23.2. The molecule has 2 aliphatic rings. The van der Waals surface area contributed by atoms with Crippen LogP contribution in [-0.2, 0) is 24.0 Å². The second-order valence-corrected chi connectivity index (χ2v) is 8.88. The molecule has 4 rings (SSSR count). The summed E-state index contributed by atoms with van der Waals surface area (Å²) in [6, 6.07) is -1.00. The number of anilines is 2. The first-order valence-corrected chi connectivity index (χ1v) is 11.4. The van der Waals surface area contributed by atoms with E-state index in [1.54, 1.807) is 0 Å². The van der Waals surface area contributed by atoms with Crippen LogP contribution in [0, 0.1) is 0 Å². The fourth-order valence-corrected chi connectivity index (χ4v) is 5.22. The van der Waals surface area contributed by atoms with Gasteiger partial charge in [0.25, 0.3) is 11.8 Å². The number of carbonyl (C=O) groups is 4. The Kier molecular flexibility index (Phi) is 6.20. The van der Waals surface area contributed by atoms with Gasteiger partial charge >= 0.3 is 5.97 Å². The highest BCUT2D eigenvalue weighted by Crippen LogP contribution is 2.42. The van der Waals surface area contributed by atoms with E-state index in [0.29, 0.717) is 0 Å². The molecule has 0 saturated carbocycles. The lowest BCUT2D eigenvalue weighted by Gasteiger charge is -2.49. The van der Waals surface area contributed by atoms with Gasteiger partial charge in [-0.05, 0) is 0 Å². The molecule has 15 nitrogen and oxygen atoms in total. The summed E-state index contributed by atoms with van der Waals surface area (Å²) in [5, 5.41) is 27.1. The summed E-state index contributed by atoms with van der Waals surface area (Å²) in [5.41, 5.74) is 5.54. The van der Waals surface area contributed by atoms with E-state index in [0.717, 1.165) is 16.2 Å². The van der Waals surface area contributed by atoms with Crippen molar-refractivity contribution in [2.24, 2.45) is 5.16 Å². The Labute approximate surface area is 198 Å². The molecular weight excluding hydrogens is 490 g/mol. The maximum absolute atomic E-state index is 12.9. The van der Waals surface area contributed by atoms with Crippen LogP contribution in [0.4, 0.5) is 11.1 Å². The molecule has 0 spiro atoms. The number of β-lactam (4-membered cyclic amide) rings is 1. The molecule has 6 N–H and O–H groups in total. The first-order valence-electron chi connectivity index (χ1n) is 9.46. The Morgan fingerprint density at radius 3 is 2.76 bits per heavy atom. The van der Waals surface area contributed by atoms with E-state index < -0.39 is 29.2 Å². The number of nitrogens with zero attached hydrogens (tertiary/aromatic N) is 5. The van der Waals surface area contributed by atoms with Crippen molar-refractivity contribution in [3.05, 3.63) is 22.6 Å². The molecule has 0 radical (unpaired) electrons. The summed E-state index contributed by atoms with van der Waals surface area (Å²) in [4.78, 5) is 61.4. The number of fused-ring (bicyclic) bond motifs is 1. The number of aromatic nitrogens is 4. The van der Waals surface area contributed by atoms with Gasteiger partial charge in [0.15, 0.2) is 16.7 Å². The van der Waals surface area contributed by atoms with E-state index in [4.69, 9.17) is 10.6 Å². The molecule has 3 amide bonds. The molecule has 2 atom stereocenters. The second kappa shape index (κ2) is 9.10. The number of amides is 3. The van der Waals surface area contributed by atoms with Crippen molar-refractivity contribution in [1.29, 1.82) is 0 Å². The third-order valence-corrected chi connectivity index (χ3v) is 6.64. The predicted octanol–water partition coefficient (Wildman–Crippen LogP) is -0.952. The lowest BCUT2D eigenvalue weighted by Crippen LogP contribution is -2.71. The van der Waals surface area contributed by atoms with Gasteiger partial charge in [0.05, 0.1) is 0 Å². The zero-order chi connectivity index (χ0) is 24.6. The fraction of sp³-hybridized carbons (Fsp3) is 0.294. The van der Waals surface area contributed by atoms with Crippen molar-refractivity contribution in [3.8, 4) is 0 Å². The van der Waals surface area contributed by atoms with Crippen LogP contribution in [0.5, 0.6) is 0 Å². The van der Waals surface area contributed by atoms with Gasteiger partial charge < -0.3 is 26.0 Å². The van der Waals surface area contributed by atoms with E-state index in [-0.39, 0.29) is 51.2 Å².